The van der Waals surface area contributed by atoms with Gasteiger partial charge in [-0.1, -0.05) is 18.5 Å². The molecule has 0 aliphatic heterocycles. The molecular weight excluding hydrogens is 425 g/mol. The molecule has 0 amide bonds. The molecule has 2 aromatic rings. The van der Waals surface area contributed by atoms with E-state index >= 15 is 0 Å². The van der Waals surface area contributed by atoms with Gasteiger partial charge in [0, 0.05) is 9.78 Å². The van der Waals surface area contributed by atoms with Crippen molar-refractivity contribution >= 4 is 46.1 Å². The molecule has 2 aromatic carbocycles. The molecule has 0 heterocycles. The van der Waals surface area contributed by atoms with E-state index in [0.29, 0.717) is 16.5 Å². The van der Waals surface area contributed by atoms with Crippen molar-refractivity contribution in [3.8, 4) is 11.5 Å². The van der Waals surface area contributed by atoms with Crippen LogP contribution in [-0.2, 0) is 0 Å². The summed E-state index contributed by atoms with van der Waals surface area (Å²) in [6.45, 7) is 4.06. The number of benzene rings is 2. The number of hydrogen-bond donors (Lipinski definition) is 0. The Labute approximate surface area is 155 Å². The van der Waals surface area contributed by atoms with Crippen LogP contribution in [0.2, 0.25) is 5.02 Å². The van der Waals surface area contributed by atoms with E-state index in [0.717, 1.165) is 17.7 Å². The van der Waals surface area contributed by atoms with Crippen LogP contribution in [0.5, 0.6) is 11.5 Å². The molecule has 0 aromatic heterocycles. The Hall–Kier alpha value is -1.27. The zero-order chi connectivity index (χ0) is 16.8. The lowest BCUT2D eigenvalue weighted by molar-refractivity contribution is 0.208. The SMILES string of the molecule is CC[C@@H](C)Oc1c(Cl)cc(C=Nc2ccc(I)cc2)cc1OC. The van der Waals surface area contributed by atoms with Crippen LogP contribution >= 0.6 is 34.2 Å². The molecule has 122 valence electrons. The van der Waals surface area contributed by atoms with Crippen molar-refractivity contribution in [2.24, 2.45) is 4.99 Å². The smallest absolute Gasteiger partial charge is 0.180 e. The minimum Gasteiger partial charge on any atom is -0.493 e. The van der Waals surface area contributed by atoms with Crippen LogP contribution in [0.4, 0.5) is 5.69 Å². The lowest BCUT2D eigenvalue weighted by Gasteiger charge is -2.17. The Morgan fingerprint density at radius 2 is 1.96 bits per heavy atom. The molecule has 2 rings (SSSR count). The van der Waals surface area contributed by atoms with Crippen LogP contribution in [0.25, 0.3) is 0 Å². The zero-order valence-electron chi connectivity index (χ0n) is 13.3. The van der Waals surface area contributed by atoms with Crippen molar-refractivity contribution in [2.45, 2.75) is 26.4 Å². The van der Waals surface area contributed by atoms with E-state index in [1.807, 2.05) is 43.3 Å². The first-order valence-corrected chi connectivity index (χ1v) is 8.83. The molecule has 0 radical (unpaired) electrons. The summed E-state index contributed by atoms with van der Waals surface area (Å²) in [5.74, 6) is 1.19. The Balaban J connectivity index is 2.26. The van der Waals surface area contributed by atoms with Crippen LogP contribution < -0.4 is 9.47 Å². The second-order valence-corrected chi connectivity index (χ2v) is 6.76. The van der Waals surface area contributed by atoms with Crippen molar-refractivity contribution in [1.29, 1.82) is 0 Å². The first-order valence-electron chi connectivity index (χ1n) is 7.37. The van der Waals surface area contributed by atoms with Gasteiger partial charge in [0.25, 0.3) is 0 Å². The largest absolute Gasteiger partial charge is 0.493 e. The molecule has 5 heteroatoms. The number of halogens is 2. The maximum Gasteiger partial charge on any atom is 0.180 e. The molecule has 23 heavy (non-hydrogen) atoms. The van der Waals surface area contributed by atoms with Gasteiger partial charge in [0.1, 0.15) is 0 Å². The third-order valence-corrected chi connectivity index (χ3v) is 4.33. The van der Waals surface area contributed by atoms with E-state index in [1.54, 1.807) is 13.3 Å². The number of ether oxygens (including phenoxy) is 2. The van der Waals surface area contributed by atoms with Gasteiger partial charge in [0.15, 0.2) is 11.5 Å². The van der Waals surface area contributed by atoms with Gasteiger partial charge < -0.3 is 9.47 Å². The second-order valence-electron chi connectivity index (χ2n) is 5.11. The second kappa shape index (κ2) is 8.55. The number of hydrogen-bond acceptors (Lipinski definition) is 3. The molecule has 1 atom stereocenters. The summed E-state index contributed by atoms with van der Waals surface area (Å²) in [5, 5.41) is 0.522. The molecular formula is C18H19ClINO2. The highest BCUT2D eigenvalue weighted by Gasteiger charge is 2.13. The molecule has 0 bridgehead atoms. The van der Waals surface area contributed by atoms with Gasteiger partial charge in [-0.2, -0.15) is 0 Å². The van der Waals surface area contributed by atoms with E-state index in [1.165, 1.54) is 3.57 Å². The van der Waals surface area contributed by atoms with Gasteiger partial charge in [-0.3, -0.25) is 4.99 Å². The maximum atomic E-state index is 6.35. The topological polar surface area (TPSA) is 30.8 Å². The van der Waals surface area contributed by atoms with Crippen LogP contribution in [0.1, 0.15) is 25.8 Å². The minimum atomic E-state index is 0.0766. The van der Waals surface area contributed by atoms with Crippen molar-refractivity contribution < 1.29 is 9.47 Å². The highest BCUT2D eigenvalue weighted by molar-refractivity contribution is 14.1. The monoisotopic (exact) mass is 443 g/mol. The lowest BCUT2D eigenvalue weighted by Crippen LogP contribution is -2.11. The predicted octanol–water partition coefficient (Wildman–Crippen LogP) is 5.88. The summed E-state index contributed by atoms with van der Waals surface area (Å²) in [7, 11) is 1.61. The van der Waals surface area contributed by atoms with Crippen LogP contribution in [0.15, 0.2) is 41.4 Å². The fraction of sp³-hybridized carbons (Fsp3) is 0.278. The average Bonchev–Trinajstić information content (AvgIpc) is 2.56. The Morgan fingerprint density at radius 1 is 1.26 bits per heavy atom. The highest BCUT2D eigenvalue weighted by atomic mass is 127. The third kappa shape index (κ3) is 5.11. The summed E-state index contributed by atoms with van der Waals surface area (Å²) in [6, 6.07) is 11.7. The summed E-state index contributed by atoms with van der Waals surface area (Å²) in [6.07, 6.45) is 2.74. The molecule has 0 saturated carbocycles. The third-order valence-electron chi connectivity index (χ3n) is 3.34. The number of methoxy groups -OCH3 is 1. The molecule has 0 saturated heterocycles. The van der Waals surface area contributed by atoms with Crippen molar-refractivity contribution in [1.82, 2.24) is 0 Å². The molecule has 0 aliphatic rings. The van der Waals surface area contributed by atoms with Crippen LogP contribution in [-0.4, -0.2) is 19.4 Å². The maximum absolute atomic E-state index is 6.35. The fourth-order valence-corrected chi connectivity index (χ4v) is 2.51. The summed E-state index contributed by atoms with van der Waals surface area (Å²) < 4.78 is 12.4. The molecule has 0 fully saturated rings. The first kappa shape index (κ1) is 18.1. The van der Waals surface area contributed by atoms with Crippen LogP contribution in [0.3, 0.4) is 0 Å². The Bertz CT molecular complexity index is 686. The van der Waals surface area contributed by atoms with Gasteiger partial charge in [0.05, 0.1) is 23.9 Å². The molecule has 0 spiro atoms. The van der Waals surface area contributed by atoms with E-state index in [2.05, 4.69) is 34.5 Å². The fourth-order valence-electron chi connectivity index (χ4n) is 1.89. The van der Waals surface area contributed by atoms with Gasteiger partial charge in [0.2, 0.25) is 0 Å². The minimum absolute atomic E-state index is 0.0766. The normalized spacial score (nSPS) is 12.4. The van der Waals surface area contributed by atoms with Gasteiger partial charge >= 0.3 is 0 Å². The van der Waals surface area contributed by atoms with Crippen molar-refractivity contribution in [3.63, 3.8) is 0 Å². The molecule has 0 unspecified atom stereocenters. The predicted molar refractivity (Wildman–Crippen MR) is 105 cm³/mol. The summed E-state index contributed by atoms with van der Waals surface area (Å²) >= 11 is 8.62. The zero-order valence-corrected chi connectivity index (χ0v) is 16.3. The van der Waals surface area contributed by atoms with E-state index in [4.69, 9.17) is 21.1 Å². The van der Waals surface area contributed by atoms with Crippen molar-refractivity contribution in [2.75, 3.05) is 7.11 Å². The van der Waals surface area contributed by atoms with E-state index < -0.39 is 0 Å². The number of aliphatic imine (C=N–C) groups is 1. The standard InChI is InChI=1S/C18H19ClINO2/c1-4-12(2)23-18-16(19)9-13(10-17(18)22-3)11-21-15-7-5-14(20)6-8-15/h5-12H,4H2,1-3H3/t12-/m1/s1. The Morgan fingerprint density at radius 3 is 2.57 bits per heavy atom. The van der Waals surface area contributed by atoms with Crippen molar-refractivity contribution in [3.05, 3.63) is 50.6 Å². The quantitative estimate of drug-likeness (QED) is 0.412. The van der Waals surface area contributed by atoms with Gasteiger partial charge in [-0.05, 0) is 77.9 Å². The summed E-state index contributed by atoms with van der Waals surface area (Å²) in [5.41, 5.74) is 1.75. The molecule has 3 nitrogen and oxygen atoms in total. The highest BCUT2D eigenvalue weighted by Crippen LogP contribution is 2.37. The number of nitrogens with zero attached hydrogens (tertiary/aromatic N) is 1. The molecule has 0 N–H and O–H groups in total. The Kier molecular flexibility index (Phi) is 6.72. The average molecular weight is 444 g/mol. The van der Waals surface area contributed by atoms with E-state index in [-0.39, 0.29) is 6.10 Å². The lowest BCUT2D eigenvalue weighted by atomic mass is 10.2. The van der Waals surface area contributed by atoms with Crippen LogP contribution in [0, 0.1) is 3.57 Å². The first-order chi connectivity index (χ1) is 11.0. The summed E-state index contributed by atoms with van der Waals surface area (Å²) in [4.78, 5) is 4.46. The van der Waals surface area contributed by atoms with E-state index in [9.17, 15) is 0 Å². The van der Waals surface area contributed by atoms with Gasteiger partial charge in [-0.15, -0.1) is 0 Å². The van der Waals surface area contributed by atoms with Gasteiger partial charge in [-0.25, -0.2) is 0 Å². The molecule has 0 aliphatic carbocycles. The number of rotatable bonds is 6.